The number of hydrogen-bond donors (Lipinski definition) is 1. The van der Waals surface area contributed by atoms with E-state index < -0.39 is 21.9 Å². The van der Waals surface area contributed by atoms with Gasteiger partial charge in [0.15, 0.2) is 0 Å². The van der Waals surface area contributed by atoms with Gasteiger partial charge >= 0.3 is 0 Å². The summed E-state index contributed by atoms with van der Waals surface area (Å²) in [5.74, 6) is -0.412. The monoisotopic (exact) mass is 293 g/mol. The fourth-order valence-corrected chi connectivity index (χ4v) is 2.81. The van der Waals surface area contributed by atoms with Crippen molar-refractivity contribution in [2.75, 3.05) is 6.26 Å². The minimum Gasteiger partial charge on any atom is -0.213 e. The van der Waals surface area contributed by atoms with Gasteiger partial charge in [-0.25, -0.2) is 17.5 Å². The first-order chi connectivity index (χ1) is 9.46. The van der Waals surface area contributed by atoms with Crippen molar-refractivity contribution in [1.82, 2.24) is 4.72 Å². The van der Waals surface area contributed by atoms with E-state index in [0.29, 0.717) is 12.0 Å². The molecule has 106 valence electrons. The van der Waals surface area contributed by atoms with E-state index >= 15 is 0 Å². The van der Waals surface area contributed by atoms with Crippen LogP contribution < -0.4 is 4.72 Å². The van der Waals surface area contributed by atoms with Crippen molar-refractivity contribution in [3.63, 3.8) is 0 Å². The van der Waals surface area contributed by atoms with Crippen LogP contribution in [0.4, 0.5) is 4.39 Å². The number of hydrogen-bond acceptors (Lipinski definition) is 2. The van der Waals surface area contributed by atoms with E-state index in [1.54, 1.807) is 18.2 Å². The standard InChI is InChI=1S/C15H16FNO2S/c1-20(18,19)17-15(11-12-7-3-2-4-8-12)13-9-5-6-10-14(13)16/h2-10,15,17H,11H2,1H3. The molecule has 0 saturated carbocycles. The largest absolute Gasteiger partial charge is 0.213 e. The van der Waals surface area contributed by atoms with Gasteiger partial charge < -0.3 is 0 Å². The highest BCUT2D eigenvalue weighted by atomic mass is 32.2. The molecule has 3 nitrogen and oxygen atoms in total. The van der Waals surface area contributed by atoms with Gasteiger partial charge in [-0.05, 0) is 18.1 Å². The molecule has 2 rings (SSSR count). The lowest BCUT2D eigenvalue weighted by atomic mass is 9.99. The lowest BCUT2D eigenvalue weighted by Crippen LogP contribution is -2.29. The average Bonchev–Trinajstić information content (AvgIpc) is 2.38. The minimum absolute atomic E-state index is 0.349. The molecule has 1 atom stereocenters. The van der Waals surface area contributed by atoms with Crippen LogP contribution in [0.3, 0.4) is 0 Å². The van der Waals surface area contributed by atoms with Crippen molar-refractivity contribution in [3.8, 4) is 0 Å². The molecule has 0 bridgehead atoms. The fourth-order valence-electron chi connectivity index (χ4n) is 2.08. The first-order valence-corrected chi connectivity index (χ1v) is 8.10. The second-order valence-electron chi connectivity index (χ2n) is 4.65. The normalized spacial score (nSPS) is 13.1. The molecule has 0 aliphatic heterocycles. The molecule has 20 heavy (non-hydrogen) atoms. The summed E-state index contributed by atoms with van der Waals surface area (Å²) in [5.41, 5.74) is 1.29. The van der Waals surface area contributed by atoms with Crippen LogP contribution in [0.15, 0.2) is 54.6 Å². The smallest absolute Gasteiger partial charge is 0.209 e. The molecule has 0 aliphatic carbocycles. The van der Waals surface area contributed by atoms with Gasteiger partial charge in [0, 0.05) is 5.56 Å². The summed E-state index contributed by atoms with van der Waals surface area (Å²) >= 11 is 0. The topological polar surface area (TPSA) is 46.2 Å². The first-order valence-electron chi connectivity index (χ1n) is 6.21. The van der Waals surface area contributed by atoms with Crippen LogP contribution in [0.5, 0.6) is 0 Å². The third-order valence-electron chi connectivity index (χ3n) is 2.92. The Bertz CT molecular complexity index is 671. The molecule has 0 fully saturated rings. The minimum atomic E-state index is -3.43. The molecular weight excluding hydrogens is 277 g/mol. The average molecular weight is 293 g/mol. The third kappa shape index (κ3) is 4.15. The molecule has 0 saturated heterocycles. The lowest BCUT2D eigenvalue weighted by Gasteiger charge is -2.18. The fraction of sp³-hybridized carbons (Fsp3) is 0.200. The summed E-state index contributed by atoms with van der Waals surface area (Å²) in [4.78, 5) is 0. The van der Waals surface area contributed by atoms with Crippen LogP contribution >= 0.6 is 0 Å². The Balaban J connectivity index is 2.33. The predicted molar refractivity (Wildman–Crippen MR) is 77.3 cm³/mol. The Labute approximate surface area is 118 Å². The van der Waals surface area contributed by atoms with Crippen molar-refractivity contribution in [2.24, 2.45) is 0 Å². The molecule has 5 heteroatoms. The van der Waals surface area contributed by atoms with Crippen LogP contribution in [0.25, 0.3) is 0 Å². The Hall–Kier alpha value is -1.72. The van der Waals surface area contributed by atoms with Gasteiger partial charge in [-0.1, -0.05) is 48.5 Å². The summed E-state index contributed by atoms with van der Waals surface area (Å²) in [6.45, 7) is 0. The second kappa shape index (κ2) is 6.15. The molecule has 0 heterocycles. The zero-order valence-electron chi connectivity index (χ0n) is 11.1. The maximum atomic E-state index is 13.9. The van der Waals surface area contributed by atoms with Crippen molar-refractivity contribution in [1.29, 1.82) is 0 Å². The third-order valence-corrected chi connectivity index (χ3v) is 3.63. The van der Waals surface area contributed by atoms with Gasteiger partial charge in [-0.3, -0.25) is 0 Å². The van der Waals surface area contributed by atoms with Gasteiger partial charge in [0.2, 0.25) is 10.0 Å². The SMILES string of the molecule is CS(=O)(=O)NC(Cc1ccccc1)c1ccccc1F. The first kappa shape index (κ1) is 14.7. The second-order valence-corrected chi connectivity index (χ2v) is 6.43. The number of rotatable bonds is 5. The van der Waals surface area contributed by atoms with Crippen LogP contribution in [-0.4, -0.2) is 14.7 Å². The van der Waals surface area contributed by atoms with E-state index in [1.165, 1.54) is 6.07 Å². The van der Waals surface area contributed by atoms with Gasteiger partial charge in [0.05, 0.1) is 12.3 Å². The van der Waals surface area contributed by atoms with Gasteiger partial charge in [-0.2, -0.15) is 0 Å². The molecule has 0 aromatic heterocycles. The predicted octanol–water partition coefficient (Wildman–Crippen LogP) is 2.66. The van der Waals surface area contributed by atoms with Gasteiger partial charge in [0.25, 0.3) is 0 Å². The highest BCUT2D eigenvalue weighted by molar-refractivity contribution is 7.88. The summed E-state index contributed by atoms with van der Waals surface area (Å²) in [7, 11) is -3.43. The maximum Gasteiger partial charge on any atom is 0.209 e. The van der Waals surface area contributed by atoms with E-state index in [4.69, 9.17) is 0 Å². The summed E-state index contributed by atoms with van der Waals surface area (Å²) in [6.07, 6.45) is 1.47. The molecule has 1 N–H and O–H groups in total. The van der Waals surface area contributed by atoms with Crippen LogP contribution in [0.2, 0.25) is 0 Å². The van der Waals surface area contributed by atoms with Crippen molar-refractivity contribution in [2.45, 2.75) is 12.5 Å². The van der Waals surface area contributed by atoms with E-state index in [1.807, 2.05) is 30.3 Å². The van der Waals surface area contributed by atoms with E-state index in [2.05, 4.69) is 4.72 Å². The van der Waals surface area contributed by atoms with Crippen molar-refractivity contribution in [3.05, 3.63) is 71.5 Å². The number of benzene rings is 2. The number of sulfonamides is 1. The highest BCUT2D eigenvalue weighted by Crippen LogP contribution is 2.21. The van der Waals surface area contributed by atoms with Crippen molar-refractivity contribution >= 4 is 10.0 Å². The molecule has 2 aromatic carbocycles. The number of halogens is 1. The van der Waals surface area contributed by atoms with Crippen LogP contribution in [-0.2, 0) is 16.4 Å². The zero-order chi connectivity index (χ0) is 14.6. The van der Waals surface area contributed by atoms with E-state index in [-0.39, 0.29) is 0 Å². The molecule has 2 aromatic rings. The summed E-state index contributed by atoms with van der Waals surface area (Å²) in [6, 6.07) is 15.0. The Morgan fingerprint density at radius 2 is 1.65 bits per heavy atom. The highest BCUT2D eigenvalue weighted by Gasteiger charge is 2.19. The Kier molecular flexibility index (Phi) is 4.52. The summed E-state index contributed by atoms with van der Waals surface area (Å²) < 4.78 is 39.3. The van der Waals surface area contributed by atoms with Crippen LogP contribution in [0, 0.1) is 5.82 Å². The van der Waals surface area contributed by atoms with E-state index in [0.717, 1.165) is 11.8 Å². The Morgan fingerprint density at radius 3 is 2.25 bits per heavy atom. The van der Waals surface area contributed by atoms with Gasteiger partial charge in [0.1, 0.15) is 5.82 Å². The molecular formula is C15H16FNO2S. The van der Waals surface area contributed by atoms with Gasteiger partial charge in [-0.15, -0.1) is 0 Å². The van der Waals surface area contributed by atoms with Crippen molar-refractivity contribution < 1.29 is 12.8 Å². The van der Waals surface area contributed by atoms with E-state index in [9.17, 15) is 12.8 Å². The van der Waals surface area contributed by atoms with Crippen LogP contribution in [0.1, 0.15) is 17.2 Å². The molecule has 0 spiro atoms. The lowest BCUT2D eigenvalue weighted by molar-refractivity contribution is 0.536. The Morgan fingerprint density at radius 1 is 1.05 bits per heavy atom. The maximum absolute atomic E-state index is 13.9. The zero-order valence-corrected chi connectivity index (χ0v) is 11.9. The number of nitrogens with one attached hydrogen (secondary N) is 1. The molecule has 0 radical (unpaired) electrons. The summed E-state index contributed by atoms with van der Waals surface area (Å²) in [5, 5.41) is 0. The quantitative estimate of drug-likeness (QED) is 0.921. The molecule has 1 unspecified atom stereocenters. The molecule has 0 amide bonds. The molecule has 0 aliphatic rings.